The molecule has 2 unspecified atom stereocenters. The van der Waals surface area contributed by atoms with Crippen molar-refractivity contribution in [1.29, 1.82) is 0 Å². The van der Waals surface area contributed by atoms with Crippen LogP contribution in [0.5, 0.6) is 0 Å². The fourth-order valence-corrected chi connectivity index (χ4v) is 1.60. The van der Waals surface area contributed by atoms with Crippen molar-refractivity contribution in [2.24, 2.45) is 5.73 Å². The summed E-state index contributed by atoms with van der Waals surface area (Å²) in [7, 11) is 0. The molecule has 2 N–H and O–H groups in total. The summed E-state index contributed by atoms with van der Waals surface area (Å²) in [6.45, 7) is 8.41. The number of hydrogen-bond donors (Lipinski definition) is 1. The molecule has 0 aliphatic heterocycles. The van der Waals surface area contributed by atoms with Gasteiger partial charge >= 0.3 is 0 Å². The predicted molar refractivity (Wildman–Crippen MR) is 70.7 cm³/mol. The smallest absolute Gasteiger partial charge is 0.0983 e. The Morgan fingerprint density at radius 2 is 1.88 bits per heavy atom. The first-order valence-corrected chi connectivity index (χ1v) is 6.33. The Kier molecular flexibility index (Phi) is 5.09. The highest BCUT2D eigenvalue weighted by molar-refractivity contribution is 5.15. The lowest BCUT2D eigenvalue weighted by Gasteiger charge is -2.33. The molecule has 0 amide bonds. The molecule has 0 spiro atoms. The summed E-state index contributed by atoms with van der Waals surface area (Å²) in [4.78, 5) is 4.03. The van der Waals surface area contributed by atoms with Gasteiger partial charge in [-0.05, 0) is 44.4 Å². The van der Waals surface area contributed by atoms with Gasteiger partial charge in [0.1, 0.15) is 0 Å². The monoisotopic (exact) mass is 236 g/mol. The number of hydrogen-bond acceptors (Lipinski definition) is 3. The zero-order chi connectivity index (χ0) is 12.9. The molecule has 0 saturated carbocycles. The Morgan fingerprint density at radius 1 is 1.29 bits per heavy atom. The molecule has 1 aromatic heterocycles. The van der Waals surface area contributed by atoms with Gasteiger partial charge in [0, 0.05) is 18.4 Å². The van der Waals surface area contributed by atoms with Gasteiger partial charge in [0.25, 0.3) is 0 Å². The summed E-state index contributed by atoms with van der Waals surface area (Å²) < 4.78 is 6.17. The van der Waals surface area contributed by atoms with E-state index in [1.54, 1.807) is 12.4 Å². The number of pyridine rings is 1. The molecule has 2 atom stereocenters. The largest absolute Gasteiger partial charge is 0.366 e. The van der Waals surface area contributed by atoms with E-state index in [-0.39, 0.29) is 17.7 Å². The van der Waals surface area contributed by atoms with E-state index >= 15 is 0 Å². The second-order valence-corrected chi connectivity index (χ2v) is 5.00. The van der Waals surface area contributed by atoms with Crippen LogP contribution in [0, 0.1) is 0 Å². The van der Waals surface area contributed by atoms with Crippen LogP contribution in [0.1, 0.15) is 52.2 Å². The molecule has 0 bridgehead atoms. The average molecular weight is 236 g/mol. The van der Waals surface area contributed by atoms with Crippen molar-refractivity contribution in [2.75, 3.05) is 0 Å². The molecule has 0 aliphatic rings. The number of nitrogens with two attached hydrogens (primary N) is 1. The van der Waals surface area contributed by atoms with Crippen LogP contribution < -0.4 is 5.73 Å². The molecule has 1 aromatic rings. The highest BCUT2D eigenvalue weighted by Crippen LogP contribution is 2.28. The second kappa shape index (κ2) is 6.12. The van der Waals surface area contributed by atoms with Crippen LogP contribution in [0.2, 0.25) is 0 Å². The van der Waals surface area contributed by atoms with Crippen molar-refractivity contribution in [2.45, 2.75) is 58.3 Å². The van der Waals surface area contributed by atoms with Gasteiger partial charge in [-0.3, -0.25) is 4.98 Å². The molecule has 0 radical (unpaired) electrons. The van der Waals surface area contributed by atoms with Crippen molar-refractivity contribution in [3.63, 3.8) is 0 Å². The van der Waals surface area contributed by atoms with Crippen LogP contribution >= 0.6 is 0 Å². The van der Waals surface area contributed by atoms with Gasteiger partial charge in [0.15, 0.2) is 0 Å². The van der Waals surface area contributed by atoms with Gasteiger partial charge in [-0.1, -0.05) is 13.8 Å². The van der Waals surface area contributed by atoms with E-state index < -0.39 is 0 Å². The maximum Gasteiger partial charge on any atom is 0.0983 e. The maximum atomic E-state index is 6.17. The fourth-order valence-electron chi connectivity index (χ4n) is 1.60. The molecule has 1 rings (SSSR count). The summed E-state index contributed by atoms with van der Waals surface area (Å²) in [6.07, 6.45) is 5.37. The van der Waals surface area contributed by atoms with E-state index in [1.165, 1.54) is 0 Å². The summed E-state index contributed by atoms with van der Waals surface area (Å²) in [6, 6.07) is 3.97. The molecule has 1 heterocycles. The molecule has 0 aliphatic carbocycles. The first-order chi connectivity index (χ1) is 8.00. The molecule has 17 heavy (non-hydrogen) atoms. The van der Waals surface area contributed by atoms with Crippen molar-refractivity contribution in [3.8, 4) is 0 Å². The highest BCUT2D eigenvalue weighted by Gasteiger charge is 2.26. The minimum absolute atomic E-state index is 0.0169. The van der Waals surface area contributed by atoms with Gasteiger partial charge < -0.3 is 10.5 Å². The number of nitrogens with zero attached hydrogens (tertiary/aromatic N) is 1. The topological polar surface area (TPSA) is 48.1 Å². The minimum atomic E-state index is -0.152. The molecule has 96 valence electrons. The zero-order valence-electron chi connectivity index (χ0n) is 11.3. The van der Waals surface area contributed by atoms with Crippen molar-refractivity contribution in [1.82, 2.24) is 4.98 Å². The molecule has 0 aromatic carbocycles. The Hall–Kier alpha value is -0.930. The van der Waals surface area contributed by atoms with Crippen molar-refractivity contribution in [3.05, 3.63) is 30.1 Å². The third-order valence-corrected chi connectivity index (χ3v) is 3.19. The number of aromatic nitrogens is 1. The quantitative estimate of drug-likeness (QED) is 0.825. The van der Waals surface area contributed by atoms with Crippen LogP contribution in [-0.4, -0.2) is 16.6 Å². The van der Waals surface area contributed by atoms with Gasteiger partial charge in [0.2, 0.25) is 0 Å². The Bertz CT molecular complexity index is 324. The normalized spacial score (nSPS) is 15.6. The van der Waals surface area contributed by atoms with Crippen LogP contribution in [-0.2, 0) is 4.74 Å². The summed E-state index contributed by atoms with van der Waals surface area (Å²) in [5, 5.41) is 0. The molecular formula is C14H24N2O. The Labute approximate surface area is 104 Å². The van der Waals surface area contributed by atoms with Crippen LogP contribution in [0.4, 0.5) is 0 Å². The maximum absolute atomic E-state index is 6.17. The third-order valence-electron chi connectivity index (χ3n) is 3.19. The van der Waals surface area contributed by atoms with Crippen LogP contribution in [0.15, 0.2) is 24.5 Å². The standard InChI is InChI=1S/C14H24N2O/c1-5-12(15)13(17-14(3,4)6-2)11-7-9-16-10-8-11/h7-10,12-13H,5-6,15H2,1-4H3. The van der Waals surface area contributed by atoms with Gasteiger partial charge in [-0.25, -0.2) is 0 Å². The lowest BCUT2D eigenvalue weighted by molar-refractivity contribution is -0.0858. The lowest BCUT2D eigenvalue weighted by atomic mass is 9.99. The summed E-state index contributed by atoms with van der Waals surface area (Å²) >= 11 is 0. The third kappa shape index (κ3) is 4.10. The first kappa shape index (κ1) is 14.1. The van der Waals surface area contributed by atoms with E-state index in [0.717, 1.165) is 18.4 Å². The van der Waals surface area contributed by atoms with Gasteiger partial charge in [-0.2, -0.15) is 0 Å². The first-order valence-electron chi connectivity index (χ1n) is 6.33. The van der Waals surface area contributed by atoms with Crippen LogP contribution in [0.3, 0.4) is 0 Å². The molecule has 0 saturated heterocycles. The van der Waals surface area contributed by atoms with E-state index in [1.807, 2.05) is 12.1 Å². The van der Waals surface area contributed by atoms with Crippen molar-refractivity contribution >= 4 is 0 Å². The van der Waals surface area contributed by atoms with E-state index in [2.05, 4.69) is 32.7 Å². The summed E-state index contributed by atoms with van der Waals surface area (Å²) in [5.41, 5.74) is 7.12. The van der Waals surface area contributed by atoms with Crippen LogP contribution in [0.25, 0.3) is 0 Å². The molecule has 3 nitrogen and oxygen atoms in total. The van der Waals surface area contributed by atoms with E-state index in [0.29, 0.717) is 0 Å². The molecular weight excluding hydrogens is 212 g/mol. The van der Waals surface area contributed by atoms with E-state index in [4.69, 9.17) is 10.5 Å². The minimum Gasteiger partial charge on any atom is -0.366 e. The van der Waals surface area contributed by atoms with E-state index in [9.17, 15) is 0 Å². The lowest BCUT2D eigenvalue weighted by Crippen LogP contribution is -2.36. The zero-order valence-corrected chi connectivity index (χ0v) is 11.3. The number of ether oxygens (including phenoxy) is 1. The summed E-state index contributed by atoms with van der Waals surface area (Å²) in [5.74, 6) is 0. The second-order valence-electron chi connectivity index (χ2n) is 5.00. The Balaban J connectivity index is 2.89. The van der Waals surface area contributed by atoms with Crippen molar-refractivity contribution < 1.29 is 4.74 Å². The van der Waals surface area contributed by atoms with Gasteiger partial charge in [0.05, 0.1) is 11.7 Å². The SMILES string of the molecule is CCC(N)C(OC(C)(C)CC)c1ccncc1. The Morgan fingerprint density at radius 3 is 2.35 bits per heavy atom. The molecule has 3 heteroatoms. The predicted octanol–water partition coefficient (Wildman–Crippen LogP) is 3.07. The van der Waals surface area contributed by atoms with Gasteiger partial charge in [-0.15, -0.1) is 0 Å². The fraction of sp³-hybridized carbons (Fsp3) is 0.643. The number of rotatable bonds is 6. The molecule has 0 fully saturated rings. The highest BCUT2D eigenvalue weighted by atomic mass is 16.5. The average Bonchev–Trinajstić information content (AvgIpc) is 2.36.